The number of aryl methyl sites for hydroxylation is 1. The summed E-state index contributed by atoms with van der Waals surface area (Å²) < 4.78 is 13.0. The highest BCUT2D eigenvalue weighted by Crippen LogP contribution is 2.23. The summed E-state index contributed by atoms with van der Waals surface area (Å²) in [5.41, 5.74) is 1.65. The molecule has 1 aromatic rings. The smallest absolute Gasteiger partial charge is 0.123 e. The second-order valence-electron chi connectivity index (χ2n) is 4.45. The molecule has 0 bridgehead atoms. The fourth-order valence-corrected chi connectivity index (χ4v) is 2.49. The van der Waals surface area contributed by atoms with E-state index in [1.165, 1.54) is 12.1 Å². The molecule has 0 aliphatic carbocycles. The summed E-state index contributed by atoms with van der Waals surface area (Å²) >= 11 is 1.71. The van der Waals surface area contributed by atoms with Crippen LogP contribution in [0.1, 0.15) is 31.1 Å². The maximum atomic E-state index is 13.0. The highest BCUT2D eigenvalue weighted by atomic mass is 32.2. The molecule has 1 unspecified atom stereocenters. The molecule has 0 saturated heterocycles. The van der Waals surface area contributed by atoms with Gasteiger partial charge in [-0.1, -0.05) is 19.9 Å². The fraction of sp³-hybridized carbons (Fsp3) is 0.538. The molecule has 3 heteroatoms. The van der Waals surface area contributed by atoms with Crippen LogP contribution in [-0.2, 0) is 0 Å². The molecule has 1 atom stereocenters. The van der Waals surface area contributed by atoms with Crippen molar-refractivity contribution in [2.75, 3.05) is 11.5 Å². The third kappa shape index (κ3) is 4.14. The van der Waals surface area contributed by atoms with E-state index in [9.17, 15) is 9.50 Å². The van der Waals surface area contributed by atoms with Crippen LogP contribution in [0.2, 0.25) is 0 Å². The lowest BCUT2D eigenvalue weighted by Crippen LogP contribution is -2.05. The molecule has 1 rings (SSSR count). The minimum Gasteiger partial charge on any atom is -0.388 e. The predicted octanol–water partition coefficient (Wildman–Crippen LogP) is 3.56. The van der Waals surface area contributed by atoms with Crippen LogP contribution in [0.15, 0.2) is 18.2 Å². The van der Waals surface area contributed by atoms with Crippen molar-refractivity contribution in [3.8, 4) is 0 Å². The van der Waals surface area contributed by atoms with Crippen LogP contribution in [-0.4, -0.2) is 16.6 Å². The molecular weight excluding hydrogens is 223 g/mol. The second kappa shape index (κ2) is 6.26. The van der Waals surface area contributed by atoms with Gasteiger partial charge in [0, 0.05) is 5.75 Å². The maximum Gasteiger partial charge on any atom is 0.123 e. The molecule has 0 radical (unpaired) electrons. The molecule has 0 amide bonds. The number of benzene rings is 1. The summed E-state index contributed by atoms with van der Waals surface area (Å²) in [5.74, 6) is 1.98. The summed E-state index contributed by atoms with van der Waals surface area (Å²) in [4.78, 5) is 0. The number of hydrogen-bond acceptors (Lipinski definition) is 2. The SMILES string of the molecule is Cc1ccc(F)cc1C(O)CSCC(C)C. The Morgan fingerprint density at radius 3 is 2.62 bits per heavy atom. The molecule has 90 valence electrons. The fourth-order valence-electron chi connectivity index (χ4n) is 1.48. The summed E-state index contributed by atoms with van der Waals surface area (Å²) in [6, 6.07) is 4.56. The highest BCUT2D eigenvalue weighted by molar-refractivity contribution is 7.99. The lowest BCUT2D eigenvalue weighted by atomic mass is 10.0. The van der Waals surface area contributed by atoms with E-state index in [-0.39, 0.29) is 5.82 Å². The lowest BCUT2D eigenvalue weighted by Gasteiger charge is -2.14. The maximum absolute atomic E-state index is 13.0. The number of aliphatic hydroxyl groups excluding tert-OH is 1. The first-order chi connectivity index (χ1) is 7.50. The molecule has 1 nitrogen and oxygen atoms in total. The molecule has 16 heavy (non-hydrogen) atoms. The highest BCUT2D eigenvalue weighted by Gasteiger charge is 2.11. The zero-order valence-corrected chi connectivity index (χ0v) is 10.9. The number of rotatable bonds is 5. The van der Waals surface area contributed by atoms with Crippen molar-refractivity contribution < 1.29 is 9.50 Å². The lowest BCUT2D eigenvalue weighted by molar-refractivity contribution is 0.203. The predicted molar refractivity (Wildman–Crippen MR) is 68.3 cm³/mol. The molecule has 0 spiro atoms. The van der Waals surface area contributed by atoms with Gasteiger partial charge in [-0.2, -0.15) is 11.8 Å². The van der Waals surface area contributed by atoms with Crippen molar-refractivity contribution in [3.05, 3.63) is 35.1 Å². The standard InChI is InChI=1S/C13H19FOS/c1-9(2)7-16-8-13(15)12-6-11(14)5-4-10(12)3/h4-6,9,13,15H,7-8H2,1-3H3. The largest absolute Gasteiger partial charge is 0.388 e. The summed E-state index contributed by atoms with van der Waals surface area (Å²) in [5, 5.41) is 9.95. The molecule has 0 fully saturated rings. The van der Waals surface area contributed by atoms with Gasteiger partial charge in [0.25, 0.3) is 0 Å². The topological polar surface area (TPSA) is 20.2 Å². The third-order valence-corrected chi connectivity index (χ3v) is 3.78. The van der Waals surface area contributed by atoms with E-state index in [4.69, 9.17) is 0 Å². The molecule has 0 saturated carbocycles. The molecule has 0 aromatic heterocycles. The minimum atomic E-state index is -0.570. The summed E-state index contributed by atoms with van der Waals surface area (Å²) in [6.07, 6.45) is -0.570. The van der Waals surface area contributed by atoms with Gasteiger partial charge < -0.3 is 5.11 Å². The molecule has 1 N–H and O–H groups in total. The van der Waals surface area contributed by atoms with Gasteiger partial charge in [-0.05, 0) is 41.9 Å². The van der Waals surface area contributed by atoms with Crippen molar-refractivity contribution in [1.29, 1.82) is 0 Å². The summed E-state index contributed by atoms with van der Waals surface area (Å²) in [6.45, 7) is 6.19. The van der Waals surface area contributed by atoms with Crippen molar-refractivity contribution in [2.24, 2.45) is 5.92 Å². The van der Waals surface area contributed by atoms with Gasteiger partial charge in [0.2, 0.25) is 0 Å². The van der Waals surface area contributed by atoms with Gasteiger partial charge in [0.05, 0.1) is 6.10 Å². The van der Waals surface area contributed by atoms with Crippen LogP contribution in [0.25, 0.3) is 0 Å². The minimum absolute atomic E-state index is 0.284. The van der Waals surface area contributed by atoms with Crippen LogP contribution >= 0.6 is 11.8 Å². The van der Waals surface area contributed by atoms with E-state index in [1.807, 2.05) is 6.92 Å². The molecular formula is C13H19FOS. The van der Waals surface area contributed by atoms with Crippen molar-refractivity contribution in [2.45, 2.75) is 26.9 Å². The van der Waals surface area contributed by atoms with E-state index in [0.29, 0.717) is 17.2 Å². The first kappa shape index (κ1) is 13.5. The van der Waals surface area contributed by atoms with Crippen molar-refractivity contribution >= 4 is 11.8 Å². The third-order valence-electron chi connectivity index (χ3n) is 2.33. The summed E-state index contributed by atoms with van der Waals surface area (Å²) in [7, 11) is 0. The number of aliphatic hydroxyl groups is 1. The Balaban J connectivity index is 2.58. The quantitative estimate of drug-likeness (QED) is 0.852. The molecule has 1 aromatic carbocycles. The average molecular weight is 242 g/mol. The van der Waals surface area contributed by atoms with Crippen LogP contribution in [0.3, 0.4) is 0 Å². The van der Waals surface area contributed by atoms with E-state index in [1.54, 1.807) is 17.8 Å². The Morgan fingerprint density at radius 1 is 1.31 bits per heavy atom. The Bertz CT molecular complexity index is 339. The number of halogens is 1. The zero-order valence-electron chi connectivity index (χ0n) is 10.0. The van der Waals surface area contributed by atoms with Gasteiger partial charge >= 0.3 is 0 Å². The van der Waals surface area contributed by atoms with E-state index < -0.39 is 6.10 Å². The van der Waals surface area contributed by atoms with Gasteiger partial charge in [-0.3, -0.25) is 0 Å². The van der Waals surface area contributed by atoms with Crippen molar-refractivity contribution in [3.63, 3.8) is 0 Å². The Labute approximate surface area is 101 Å². The first-order valence-corrected chi connectivity index (χ1v) is 6.68. The monoisotopic (exact) mass is 242 g/mol. The van der Waals surface area contributed by atoms with Crippen LogP contribution in [0.5, 0.6) is 0 Å². The normalized spacial score (nSPS) is 13.1. The number of thioether (sulfide) groups is 1. The zero-order chi connectivity index (χ0) is 12.1. The van der Waals surface area contributed by atoms with Crippen molar-refractivity contribution in [1.82, 2.24) is 0 Å². The molecule has 0 aliphatic rings. The van der Waals surface area contributed by atoms with E-state index >= 15 is 0 Å². The van der Waals surface area contributed by atoms with Gasteiger partial charge in [0.15, 0.2) is 0 Å². The second-order valence-corrected chi connectivity index (χ2v) is 5.52. The van der Waals surface area contributed by atoms with Gasteiger partial charge in [0.1, 0.15) is 5.82 Å². The van der Waals surface area contributed by atoms with Crippen LogP contribution in [0.4, 0.5) is 4.39 Å². The van der Waals surface area contributed by atoms with Crippen LogP contribution in [0, 0.1) is 18.7 Å². The van der Waals surface area contributed by atoms with Gasteiger partial charge in [-0.25, -0.2) is 4.39 Å². The Morgan fingerprint density at radius 2 is 2.00 bits per heavy atom. The average Bonchev–Trinajstić information content (AvgIpc) is 2.21. The van der Waals surface area contributed by atoms with E-state index in [2.05, 4.69) is 13.8 Å². The van der Waals surface area contributed by atoms with Crippen LogP contribution < -0.4 is 0 Å². The first-order valence-electron chi connectivity index (χ1n) is 5.52. The van der Waals surface area contributed by atoms with E-state index in [0.717, 1.165) is 11.3 Å². The Kier molecular flexibility index (Phi) is 5.29. The number of hydrogen-bond donors (Lipinski definition) is 1. The molecule has 0 heterocycles. The Hall–Kier alpha value is -0.540. The van der Waals surface area contributed by atoms with Gasteiger partial charge in [-0.15, -0.1) is 0 Å². The molecule has 0 aliphatic heterocycles.